The Labute approximate surface area is 172 Å². The number of hydrogen-bond acceptors (Lipinski definition) is 5. The largest absolute Gasteiger partial charge is 0.490 e. The zero-order chi connectivity index (χ0) is 20.1. The third-order valence-corrected chi connectivity index (χ3v) is 5.38. The maximum Gasteiger partial charge on any atom is 0.246 e. The van der Waals surface area contributed by atoms with E-state index in [2.05, 4.69) is 27.7 Å². The van der Waals surface area contributed by atoms with Crippen LogP contribution in [0.3, 0.4) is 0 Å². The van der Waals surface area contributed by atoms with Crippen LogP contribution in [0.5, 0.6) is 11.5 Å². The van der Waals surface area contributed by atoms with Crippen LogP contribution in [0, 0.1) is 0 Å². The van der Waals surface area contributed by atoms with Crippen LogP contribution in [-0.2, 0) is 4.79 Å². The van der Waals surface area contributed by atoms with Crippen molar-refractivity contribution in [1.82, 2.24) is 0 Å². The molecule has 6 nitrogen and oxygen atoms in total. The maximum absolute atomic E-state index is 12.6. The Morgan fingerprint density at radius 3 is 2.34 bits per heavy atom. The van der Waals surface area contributed by atoms with Gasteiger partial charge in [0.05, 0.1) is 13.2 Å². The van der Waals surface area contributed by atoms with Crippen LogP contribution in [0.1, 0.15) is 32.6 Å². The first kappa shape index (κ1) is 19.4. The number of rotatable bonds is 5. The SMILES string of the molecule is C[C@@H](Nc1ccc2c(c1)OCCCO2)C(=O)Nc1ccc(N2CCCCC2)cc1. The molecule has 0 unspecified atom stereocenters. The third-order valence-electron chi connectivity index (χ3n) is 5.38. The van der Waals surface area contributed by atoms with Gasteiger partial charge in [-0.25, -0.2) is 0 Å². The second-order valence-electron chi connectivity index (χ2n) is 7.66. The molecule has 1 atom stereocenters. The quantitative estimate of drug-likeness (QED) is 0.791. The summed E-state index contributed by atoms with van der Waals surface area (Å²) in [6.45, 7) is 5.37. The van der Waals surface area contributed by atoms with Crippen molar-refractivity contribution in [3.05, 3.63) is 42.5 Å². The molecule has 2 aliphatic heterocycles. The van der Waals surface area contributed by atoms with Gasteiger partial charge in [0, 0.05) is 42.6 Å². The summed E-state index contributed by atoms with van der Waals surface area (Å²) >= 11 is 0. The third kappa shape index (κ3) is 4.94. The molecule has 0 aromatic heterocycles. The molecule has 0 saturated carbocycles. The van der Waals surface area contributed by atoms with E-state index in [1.165, 1.54) is 24.9 Å². The van der Waals surface area contributed by atoms with Crippen LogP contribution in [0.15, 0.2) is 42.5 Å². The molecule has 0 bridgehead atoms. The zero-order valence-electron chi connectivity index (χ0n) is 16.9. The number of piperidine rings is 1. The molecule has 2 heterocycles. The fourth-order valence-corrected chi connectivity index (χ4v) is 3.73. The summed E-state index contributed by atoms with van der Waals surface area (Å²) in [5, 5.41) is 6.23. The lowest BCUT2D eigenvalue weighted by Crippen LogP contribution is -2.32. The van der Waals surface area contributed by atoms with Crippen LogP contribution >= 0.6 is 0 Å². The van der Waals surface area contributed by atoms with Gasteiger partial charge >= 0.3 is 0 Å². The number of ether oxygens (including phenoxy) is 2. The van der Waals surface area contributed by atoms with Gasteiger partial charge in [0.25, 0.3) is 0 Å². The number of carbonyl (C=O) groups is 1. The van der Waals surface area contributed by atoms with Gasteiger partial charge in [0.2, 0.25) is 5.91 Å². The fourth-order valence-electron chi connectivity index (χ4n) is 3.73. The van der Waals surface area contributed by atoms with E-state index in [0.29, 0.717) is 19.0 Å². The summed E-state index contributed by atoms with van der Waals surface area (Å²) in [5.74, 6) is 1.38. The van der Waals surface area contributed by atoms with Gasteiger partial charge in [0.15, 0.2) is 11.5 Å². The first-order valence-corrected chi connectivity index (χ1v) is 10.5. The van der Waals surface area contributed by atoms with E-state index >= 15 is 0 Å². The summed E-state index contributed by atoms with van der Waals surface area (Å²) in [4.78, 5) is 15.0. The molecule has 2 aromatic rings. The lowest BCUT2D eigenvalue weighted by molar-refractivity contribution is -0.116. The minimum atomic E-state index is -0.387. The van der Waals surface area contributed by atoms with Gasteiger partial charge in [-0.1, -0.05) is 0 Å². The molecule has 1 fully saturated rings. The highest BCUT2D eigenvalue weighted by molar-refractivity contribution is 5.96. The molecular weight excluding hydrogens is 366 g/mol. The Bertz CT molecular complexity index is 832. The number of carbonyl (C=O) groups excluding carboxylic acids is 1. The summed E-state index contributed by atoms with van der Waals surface area (Å²) in [6.07, 6.45) is 4.69. The second-order valence-corrected chi connectivity index (χ2v) is 7.66. The molecule has 0 radical (unpaired) electrons. The maximum atomic E-state index is 12.6. The van der Waals surface area contributed by atoms with E-state index in [-0.39, 0.29) is 11.9 Å². The van der Waals surface area contributed by atoms with E-state index in [9.17, 15) is 4.79 Å². The predicted molar refractivity (Wildman–Crippen MR) is 116 cm³/mol. The Hall–Kier alpha value is -2.89. The van der Waals surface area contributed by atoms with Gasteiger partial charge in [-0.2, -0.15) is 0 Å². The van der Waals surface area contributed by atoms with Crippen molar-refractivity contribution in [2.24, 2.45) is 0 Å². The lowest BCUT2D eigenvalue weighted by Gasteiger charge is -2.28. The predicted octanol–water partition coefficient (Wildman–Crippen LogP) is 4.28. The number of amides is 1. The lowest BCUT2D eigenvalue weighted by atomic mass is 10.1. The topological polar surface area (TPSA) is 62.8 Å². The van der Waals surface area contributed by atoms with Crippen LogP contribution in [0.2, 0.25) is 0 Å². The highest BCUT2D eigenvalue weighted by Gasteiger charge is 2.16. The molecule has 1 saturated heterocycles. The van der Waals surface area contributed by atoms with Crippen LogP contribution in [-0.4, -0.2) is 38.3 Å². The van der Waals surface area contributed by atoms with Crippen molar-refractivity contribution >= 4 is 23.0 Å². The average molecular weight is 396 g/mol. The van der Waals surface area contributed by atoms with Gasteiger partial charge in [0.1, 0.15) is 6.04 Å². The standard InChI is InChI=1S/C23H29N3O3/c1-17(24-19-8-11-21-22(16-19)29-15-5-14-28-21)23(27)25-18-6-9-20(10-7-18)26-12-3-2-4-13-26/h6-11,16-17,24H,2-5,12-15H2,1H3,(H,25,27)/t17-/m1/s1. The summed E-state index contributed by atoms with van der Waals surface area (Å²) in [5.41, 5.74) is 2.86. The highest BCUT2D eigenvalue weighted by Crippen LogP contribution is 2.32. The Balaban J connectivity index is 1.34. The monoisotopic (exact) mass is 395 g/mol. The van der Waals surface area contributed by atoms with Gasteiger partial charge in [-0.3, -0.25) is 4.79 Å². The summed E-state index contributed by atoms with van der Waals surface area (Å²) in [7, 11) is 0. The molecule has 2 N–H and O–H groups in total. The molecule has 4 rings (SSSR count). The van der Waals surface area contributed by atoms with Crippen molar-refractivity contribution in [1.29, 1.82) is 0 Å². The molecule has 2 aliphatic rings. The normalized spacial score (nSPS) is 17.2. The number of nitrogens with one attached hydrogen (secondary N) is 2. The molecule has 2 aromatic carbocycles. The first-order chi connectivity index (χ1) is 14.2. The van der Waals surface area contributed by atoms with Crippen molar-refractivity contribution in [2.45, 2.75) is 38.6 Å². The van der Waals surface area contributed by atoms with Crippen LogP contribution in [0.4, 0.5) is 17.1 Å². The minimum absolute atomic E-state index is 0.0807. The second kappa shape index (κ2) is 9.07. The molecular formula is C23H29N3O3. The van der Waals surface area contributed by atoms with Gasteiger partial charge in [-0.05, 0) is 62.6 Å². The Kier molecular flexibility index (Phi) is 6.08. The average Bonchev–Trinajstić information content (AvgIpc) is 3.00. The zero-order valence-corrected chi connectivity index (χ0v) is 16.9. The van der Waals surface area contributed by atoms with E-state index in [4.69, 9.17) is 9.47 Å². The molecule has 0 aliphatic carbocycles. The molecule has 1 amide bonds. The van der Waals surface area contributed by atoms with E-state index in [1.807, 2.05) is 37.3 Å². The van der Waals surface area contributed by atoms with E-state index < -0.39 is 0 Å². The van der Waals surface area contributed by atoms with Crippen LogP contribution in [0.25, 0.3) is 0 Å². The Morgan fingerprint density at radius 1 is 0.897 bits per heavy atom. The first-order valence-electron chi connectivity index (χ1n) is 10.5. The van der Waals surface area contributed by atoms with Crippen molar-refractivity contribution in [3.63, 3.8) is 0 Å². The fraction of sp³-hybridized carbons (Fsp3) is 0.435. The van der Waals surface area contributed by atoms with Crippen molar-refractivity contribution < 1.29 is 14.3 Å². The Morgan fingerprint density at radius 2 is 1.59 bits per heavy atom. The van der Waals surface area contributed by atoms with E-state index in [0.717, 1.165) is 36.6 Å². The van der Waals surface area contributed by atoms with Gasteiger partial charge in [-0.15, -0.1) is 0 Å². The molecule has 29 heavy (non-hydrogen) atoms. The number of nitrogens with zero attached hydrogens (tertiary/aromatic N) is 1. The van der Waals surface area contributed by atoms with Crippen LogP contribution < -0.4 is 25.0 Å². The molecule has 154 valence electrons. The van der Waals surface area contributed by atoms with Crippen molar-refractivity contribution in [3.8, 4) is 11.5 Å². The summed E-state index contributed by atoms with van der Waals surface area (Å²) < 4.78 is 11.4. The van der Waals surface area contributed by atoms with Gasteiger partial charge < -0.3 is 25.0 Å². The molecule has 6 heteroatoms. The molecule has 0 spiro atoms. The smallest absolute Gasteiger partial charge is 0.246 e. The number of fused-ring (bicyclic) bond motifs is 1. The number of benzene rings is 2. The number of anilines is 3. The highest BCUT2D eigenvalue weighted by atomic mass is 16.5. The van der Waals surface area contributed by atoms with Crippen molar-refractivity contribution in [2.75, 3.05) is 41.8 Å². The van der Waals surface area contributed by atoms with E-state index in [1.54, 1.807) is 0 Å². The summed E-state index contributed by atoms with van der Waals surface area (Å²) in [6, 6.07) is 13.4. The minimum Gasteiger partial charge on any atom is -0.490 e. The number of hydrogen-bond donors (Lipinski definition) is 2.